The molecule has 0 spiro atoms. The molecule has 5 heteroatoms. The van der Waals surface area contributed by atoms with Crippen LogP contribution in [0, 0.1) is 0 Å². The van der Waals surface area contributed by atoms with Crippen LogP contribution < -0.4 is 0 Å². The molecule has 2 fully saturated rings. The number of likely N-dealkylation sites (tertiary alicyclic amines) is 1. The van der Waals surface area contributed by atoms with Gasteiger partial charge < -0.3 is 19.5 Å². The third kappa shape index (κ3) is 3.14. The standard InChI is InChI=1S/C13H23NO4/c1-12(2,3)18-11(15)14-7-5-6-13(4,16)10-9(8-14)17-10/h9-10,16H,5-8H2,1-4H3. The number of aliphatic hydroxyl groups is 1. The minimum Gasteiger partial charge on any atom is -0.444 e. The molecule has 3 atom stereocenters. The second-order valence-electron chi connectivity index (χ2n) is 6.48. The van der Waals surface area contributed by atoms with Crippen LogP contribution >= 0.6 is 0 Å². The minimum absolute atomic E-state index is 0.0483. The lowest BCUT2D eigenvalue weighted by Gasteiger charge is -2.30. The third-order valence-electron chi connectivity index (χ3n) is 3.36. The van der Waals surface area contributed by atoms with Gasteiger partial charge in [0.1, 0.15) is 17.8 Å². The number of amides is 1. The van der Waals surface area contributed by atoms with E-state index in [1.807, 2.05) is 20.8 Å². The van der Waals surface area contributed by atoms with E-state index in [-0.39, 0.29) is 18.3 Å². The Morgan fingerprint density at radius 3 is 2.78 bits per heavy atom. The van der Waals surface area contributed by atoms with Crippen molar-refractivity contribution in [2.45, 2.75) is 63.9 Å². The van der Waals surface area contributed by atoms with Gasteiger partial charge in [-0.05, 0) is 40.5 Å². The van der Waals surface area contributed by atoms with Crippen LogP contribution in [0.4, 0.5) is 4.79 Å². The van der Waals surface area contributed by atoms with Crippen LogP contribution in [0.3, 0.4) is 0 Å². The molecule has 0 aliphatic carbocycles. The maximum absolute atomic E-state index is 12.0. The van der Waals surface area contributed by atoms with Crippen molar-refractivity contribution in [2.24, 2.45) is 0 Å². The van der Waals surface area contributed by atoms with E-state index >= 15 is 0 Å². The van der Waals surface area contributed by atoms with Crippen molar-refractivity contribution in [3.05, 3.63) is 0 Å². The molecule has 2 aliphatic rings. The average Bonchev–Trinajstić information content (AvgIpc) is 2.90. The topological polar surface area (TPSA) is 62.3 Å². The number of carbonyl (C=O) groups excluding carboxylic acids is 1. The normalized spacial score (nSPS) is 36.4. The van der Waals surface area contributed by atoms with Crippen molar-refractivity contribution in [3.8, 4) is 0 Å². The third-order valence-corrected chi connectivity index (χ3v) is 3.36. The van der Waals surface area contributed by atoms with Gasteiger partial charge in [-0.25, -0.2) is 4.79 Å². The summed E-state index contributed by atoms with van der Waals surface area (Å²) in [6.07, 6.45) is 0.931. The fourth-order valence-electron chi connectivity index (χ4n) is 2.40. The van der Waals surface area contributed by atoms with Gasteiger partial charge in [-0.1, -0.05) is 0 Å². The second-order valence-corrected chi connectivity index (χ2v) is 6.48. The van der Waals surface area contributed by atoms with E-state index in [1.54, 1.807) is 11.8 Å². The molecule has 18 heavy (non-hydrogen) atoms. The smallest absolute Gasteiger partial charge is 0.410 e. The summed E-state index contributed by atoms with van der Waals surface area (Å²) in [5.41, 5.74) is -1.24. The highest BCUT2D eigenvalue weighted by molar-refractivity contribution is 5.68. The molecular weight excluding hydrogens is 234 g/mol. The maximum atomic E-state index is 12.0. The summed E-state index contributed by atoms with van der Waals surface area (Å²) >= 11 is 0. The summed E-state index contributed by atoms with van der Waals surface area (Å²) in [7, 11) is 0. The molecule has 2 heterocycles. The molecule has 1 N–H and O–H groups in total. The molecule has 1 amide bonds. The van der Waals surface area contributed by atoms with Crippen LogP contribution in [0.5, 0.6) is 0 Å². The van der Waals surface area contributed by atoms with E-state index < -0.39 is 11.2 Å². The van der Waals surface area contributed by atoms with Crippen LogP contribution in [-0.4, -0.2) is 52.6 Å². The van der Waals surface area contributed by atoms with Gasteiger partial charge in [0, 0.05) is 6.54 Å². The Morgan fingerprint density at radius 2 is 2.17 bits per heavy atom. The lowest BCUT2D eigenvalue weighted by molar-refractivity contribution is 0.00730. The Morgan fingerprint density at radius 1 is 1.50 bits per heavy atom. The molecule has 0 saturated carbocycles. The van der Waals surface area contributed by atoms with Crippen molar-refractivity contribution in [3.63, 3.8) is 0 Å². The summed E-state index contributed by atoms with van der Waals surface area (Å²) in [6.45, 7) is 8.50. The van der Waals surface area contributed by atoms with E-state index in [0.29, 0.717) is 19.5 Å². The summed E-state index contributed by atoms with van der Waals surface area (Å²) in [4.78, 5) is 13.7. The van der Waals surface area contributed by atoms with E-state index in [0.717, 1.165) is 6.42 Å². The average molecular weight is 257 g/mol. The molecule has 2 rings (SSSR count). The van der Waals surface area contributed by atoms with Crippen molar-refractivity contribution in [2.75, 3.05) is 13.1 Å². The number of hydrogen-bond donors (Lipinski definition) is 1. The summed E-state index contributed by atoms with van der Waals surface area (Å²) in [6, 6.07) is 0. The Bertz CT molecular complexity index is 334. The first kappa shape index (κ1) is 13.6. The van der Waals surface area contributed by atoms with Crippen molar-refractivity contribution < 1.29 is 19.4 Å². The lowest BCUT2D eigenvalue weighted by atomic mass is 9.92. The first-order chi connectivity index (χ1) is 8.19. The van der Waals surface area contributed by atoms with Crippen molar-refractivity contribution >= 4 is 6.09 Å². The fourth-order valence-corrected chi connectivity index (χ4v) is 2.40. The quantitative estimate of drug-likeness (QED) is 0.669. The Hall–Kier alpha value is -0.810. The predicted octanol–water partition coefficient (Wildman–Crippen LogP) is 1.54. The molecule has 5 nitrogen and oxygen atoms in total. The molecule has 0 aromatic heterocycles. The van der Waals surface area contributed by atoms with Gasteiger partial charge in [0.25, 0.3) is 0 Å². The summed E-state index contributed by atoms with van der Waals surface area (Å²) in [5, 5.41) is 10.1. The number of hydrogen-bond acceptors (Lipinski definition) is 4. The Labute approximate surface area is 108 Å². The number of rotatable bonds is 0. The highest BCUT2D eigenvalue weighted by Crippen LogP contribution is 2.37. The minimum atomic E-state index is -0.759. The molecule has 0 radical (unpaired) electrons. The molecule has 0 aromatic carbocycles. The van der Waals surface area contributed by atoms with Crippen LogP contribution in [-0.2, 0) is 9.47 Å². The second kappa shape index (κ2) is 4.38. The largest absolute Gasteiger partial charge is 0.444 e. The highest BCUT2D eigenvalue weighted by atomic mass is 16.6. The zero-order valence-electron chi connectivity index (χ0n) is 11.6. The molecule has 3 unspecified atom stereocenters. The number of nitrogens with zero attached hydrogens (tertiary/aromatic N) is 1. The highest BCUT2D eigenvalue weighted by Gasteiger charge is 2.53. The van der Waals surface area contributed by atoms with Gasteiger partial charge in [0.05, 0.1) is 12.1 Å². The summed E-state index contributed by atoms with van der Waals surface area (Å²) in [5.74, 6) is 0. The van der Waals surface area contributed by atoms with Crippen molar-refractivity contribution in [1.82, 2.24) is 4.90 Å². The number of epoxide rings is 1. The molecular formula is C13H23NO4. The summed E-state index contributed by atoms with van der Waals surface area (Å²) < 4.78 is 10.8. The first-order valence-electron chi connectivity index (χ1n) is 6.55. The van der Waals surface area contributed by atoms with Crippen LogP contribution in [0.15, 0.2) is 0 Å². The zero-order valence-corrected chi connectivity index (χ0v) is 11.6. The molecule has 0 aromatic rings. The maximum Gasteiger partial charge on any atom is 0.410 e. The van der Waals surface area contributed by atoms with Crippen LogP contribution in [0.2, 0.25) is 0 Å². The lowest BCUT2D eigenvalue weighted by Crippen LogP contribution is -2.44. The number of ether oxygens (including phenoxy) is 2. The zero-order chi connectivity index (χ0) is 13.6. The SMILES string of the molecule is CC(C)(C)OC(=O)N1CCCC(C)(O)C2OC2C1. The van der Waals surface area contributed by atoms with Gasteiger partial charge in [-0.15, -0.1) is 0 Å². The van der Waals surface area contributed by atoms with Gasteiger partial charge in [-0.2, -0.15) is 0 Å². The first-order valence-corrected chi connectivity index (χ1v) is 6.55. The fraction of sp³-hybridized carbons (Fsp3) is 0.923. The van der Waals surface area contributed by atoms with E-state index in [1.165, 1.54) is 0 Å². The molecule has 104 valence electrons. The van der Waals surface area contributed by atoms with Crippen LogP contribution in [0.1, 0.15) is 40.5 Å². The monoisotopic (exact) mass is 257 g/mol. The van der Waals surface area contributed by atoms with E-state index in [9.17, 15) is 9.90 Å². The van der Waals surface area contributed by atoms with Gasteiger partial charge in [0.15, 0.2) is 0 Å². The van der Waals surface area contributed by atoms with Gasteiger partial charge in [0.2, 0.25) is 0 Å². The Kier molecular flexibility index (Phi) is 3.32. The van der Waals surface area contributed by atoms with E-state index in [2.05, 4.69) is 0 Å². The van der Waals surface area contributed by atoms with Gasteiger partial charge in [-0.3, -0.25) is 0 Å². The van der Waals surface area contributed by atoms with Crippen molar-refractivity contribution in [1.29, 1.82) is 0 Å². The van der Waals surface area contributed by atoms with E-state index in [4.69, 9.17) is 9.47 Å². The predicted molar refractivity (Wildman–Crippen MR) is 66.3 cm³/mol. The molecule has 2 aliphatic heterocycles. The molecule has 2 saturated heterocycles. The van der Waals surface area contributed by atoms with Gasteiger partial charge >= 0.3 is 6.09 Å². The molecule has 0 bridgehead atoms. The Balaban J connectivity index is 1.94. The number of carbonyl (C=O) groups is 1. The number of fused-ring (bicyclic) bond motifs is 1. The van der Waals surface area contributed by atoms with Crippen LogP contribution in [0.25, 0.3) is 0 Å².